The number of hydrogen-bond acceptors (Lipinski definition) is 5. The van der Waals surface area contributed by atoms with Crippen molar-refractivity contribution in [2.75, 3.05) is 0 Å². The summed E-state index contributed by atoms with van der Waals surface area (Å²) in [5.74, 6) is 0.0827. The maximum atomic E-state index is 12.5. The minimum absolute atomic E-state index is 0.212. The lowest BCUT2D eigenvalue weighted by molar-refractivity contribution is 0.0383. The highest BCUT2D eigenvalue weighted by atomic mass is 32.1. The van der Waals surface area contributed by atoms with Gasteiger partial charge in [-0.15, -0.1) is 11.3 Å². The van der Waals surface area contributed by atoms with Crippen molar-refractivity contribution in [3.8, 4) is 11.4 Å². The number of aromatic nitrogens is 2. The summed E-state index contributed by atoms with van der Waals surface area (Å²) >= 11 is 1.19. The summed E-state index contributed by atoms with van der Waals surface area (Å²) in [6.45, 7) is 7.33. The number of aromatic amines is 1. The Hall–Kier alpha value is -2.47. The van der Waals surface area contributed by atoms with Gasteiger partial charge in [0, 0.05) is 5.56 Å². The molecule has 0 bridgehead atoms. The zero-order chi connectivity index (χ0) is 17.4. The van der Waals surface area contributed by atoms with Crippen molar-refractivity contribution < 1.29 is 9.53 Å². The number of carbonyl (C=O) groups is 1. The molecule has 0 saturated carbocycles. The first-order valence-electron chi connectivity index (χ1n) is 7.68. The van der Waals surface area contributed by atoms with E-state index in [1.54, 1.807) is 20.8 Å². The number of nitrogens with one attached hydrogen (secondary N) is 1. The number of thiophene rings is 1. The minimum atomic E-state index is -0.415. The SMILES string of the molecule is Cc1ccc(-c2nc3sc(C(=O)OC(C)C)c(C)c3c(=O)[nH]2)cc1. The predicted octanol–water partition coefficient (Wildman–Crippen LogP) is 3.83. The second kappa shape index (κ2) is 6.20. The molecule has 2 heterocycles. The summed E-state index contributed by atoms with van der Waals surface area (Å²) in [6, 6.07) is 7.75. The lowest BCUT2D eigenvalue weighted by atomic mass is 10.1. The average molecular weight is 342 g/mol. The van der Waals surface area contributed by atoms with E-state index in [1.165, 1.54) is 11.3 Å². The Morgan fingerprint density at radius 2 is 1.88 bits per heavy atom. The molecule has 0 aliphatic heterocycles. The van der Waals surface area contributed by atoms with Crippen molar-refractivity contribution in [3.63, 3.8) is 0 Å². The third-order valence-electron chi connectivity index (χ3n) is 3.65. The molecule has 5 nitrogen and oxygen atoms in total. The number of aryl methyl sites for hydroxylation is 2. The van der Waals surface area contributed by atoms with Gasteiger partial charge in [0.05, 0.1) is 11.5 Å². The fraction of sp³-hybridized carbons (Fsp3) is 0.278. The van der Waals surface area contributed by atoms with Crippen LogP contribution in [0, 0.1) is 13.8 Å². The molecule has 0 aliphatic rings. The first kappa shape index (κ1) is 16.4. The summed E-state index contributed by atoms with van der Waals surface area (Å²) in [5, 5.41) is 0.451. The van der Waals surface area contributed by atoms with Crippen LogP contribution in [0.2, 0.25) is 0 Å². The second-order valence-electron chi connectivity index (χ2n) is 5.97. The second-order valence-corrected chi connectivity index (χ2v) is 6.97. The number of esters is 1. The largest absolute Gasteiger partial charge is 0.459 e. The molecule has 2 aromatic heterocycles. The number of hydrogen-bond donors (Lipinski definition) is 1. The Bertz CT molecular complexity index is 968. The van der Waals surface area contributed by atoms with Gasteiger partial charge in [-0.3, -0.25) is 4.79 Å². The molecular formula is C18H18N2O3S. The van der Waals surface area contributed by atoms with E-state index in [4.69, 9.17) is 4.74 Å². The molecule has 3 rings (SSSR count). The molecule has 0 fully saturated rings. The maximum absolute atomic E-state index is 12.5. The van der Waals surface area contributed by atoms with Crippen LogP contribution in [0.5, 0.6) is 0 Å². The van der Waals surface area contributed by atoms with Gasteiger partial charge in [0.2, 0.25) is 0 Å². The van der Waals surface area contributed by atoms with Gasteiger partial charge < -0.3 is 9.72 Å². The highest BCUT2D eigenvalue weighted by Gasteiger charge is 2.21. The van der Waals surface area contributed by atoms with Crippen molar-refractivity contribution in [2.24, 2.45) is 0 Å². The Morgan fingerprint density at radius 1 is 1.21 bits per heavy atom. The number of carbonyl (C=O) groups excluding carboxylic acids is 1. The summed E-state index contributed by atoms with van der Waals surface area (Å²) < 4.78 is 5.25. The third kappa shape index (κ3) is 2.97. The molecule has 1 N–H and O–H groups in total. The number of benzene rings is 1. The van der Waals surface area contributed by atoms with Crippen LogP contribution in [0.15, 0.2) is 29.1 Å². The van der Waals surface area contributed by atoms with Gasteiger partial charge in [-0.1, -0.05) is 29.8 Å². The number of nitrogens with zero attached hydrogens (tertiary/aromatic N) is 1. The molecule has 24 heavy (non-hydrogen) atoms. The summed E-state index contributed by atoms with van der Waals surface area (Å²) in [5.41, 5.74) is 2.34. The highest BCUT2D eigenvalue weighted by molar-refractivity contribution is 7.20. The van der Waals surface area contributed by atoms with Gasteiger partial charge in [-0.25, -0.2) is 9.78 Å². The Labute approximate surface area is 143 Å². The van der Waals surface area contributed by atoms with Gasteiger partial charge in [-0.2, -0.15) is 0 Å². The molecule has 1 aromatic carbocycles. The average Bonchev–Trinajstić information content (AvgIpc) is 2.85. The predicted molar refractivity (Wildman–Crippen MR) is 95.7 cm³/mol. The van der Waals surface area contributed by atoms with Crippen LogP contribution in [0.25, 0.3) is 21.6 Å². The van der Waals surface area contributed by atoms with E-state index < -0.39 is 5.97 Å². The van der Waals surface area contributed by atoms with E-state index in [0.717, 1.165) is 11.1 Å². The molecule has 0 radical (unpaired) electrons. The van der Waals surface area contributed by atoms with Gasteiger partial charge in [0.15, 0.2) is 0 Å². The summed E-state index contributed by atoms with van der Waals surface area (Å²) in [7, 11) is 0. The first-order valence-corrected chi connectivity index (χ1v) is 8.50. The molecule has 0 spiro atoms. The van der Waals surface area contributed by atoms with Crippen LogP contribution in [-0.4, -0.2) is 22.0 Å². The van der Waals surface area contributed by atoms with Crippen molar-refractivity contribution >= 4 is 27.5 Å². The molecule has 0 unspecified atom stereocenters. The third-order valence-corrected chi connectivity index (χ3v) is 4.82. The maximum Gasteiger partial charge on any atom is 0.348 e. The van der Waals surface area contributed by atoms with E-state index in [1.807, 2.05) is 31.2 Å². The number of fused-ring (bicyclic) bond motifs is 1. The van der Waals surface area contributed by atoms with Crippen molar-refractivity contribution in [2.45, 2.75) is 33.8 Å². The molecular weight excluding hydrogens is 324 g/mol. The smallest absolute Gasteiger partial charge is 0.348 e. The highest BCUT2D eigenvalue weighted by Crippen LogP contribution is 2.29. The molecule has 0 saturated heterocycles. The zero-order valence-corrected chi connectivity index (χ0v) is 14.8. The van der Waals surface area contributed by atoms with E-state index in [9.17, 15) is 9.59 Å². The first-order chi connectivity index (χ1) is 11.4. The van der Waals surface area contributed by atoms with Crippen LogP contribution in [0.1, 0.15) is 34.6 Å². The standard InChI is InChI=1S/C18H18N2O3S/c1-9(2)23-18(22)14-11(4)13-16(21)19-15(20-17(13)24-14)12-7-5-10(3)6-8-12/h5-9H,1-4H3,(H,19,20,21). The normalized spacial score (nSPS) is 11.2. The van der Waals surface area contributed by atoms with Crippen LogP contribution in [0.3, 0.4) is 0 Å². The van der Waals surface area contributed by atoms with Gasteiger partial charge in [-0.05, 0) is 33.3 Å². The molecule has 0 atom stereocenters. The quantitative estimate of drug-likeness (QED) is 0.734. The zero-order valence-electron chi connectivity index (χ0n) is 14.0. The van der Waals surface area contributed by atoms with Crippen LogP contribution >= 0.6 is 11.3 Å². The van der Waals surface area contributed by atoms with Crippen molar-refractivity contribution in [1.29, 1.82) is 0 Å². The molecule has 0 aliphatic carbocycles. The van der Waals surface area contributed by atoms with Crippen LogP contribution < -0.4 is 5.56 Å². The number of rotatable bonds is 3. The van der Waals surface area contributed by atoms with Gasteiger partial charge in [0.1, 0.15) is 15.5 Å². The Kier molecular flexibility index (Phi) is 4.24. The van der Waals surface area contributed by atoms with Gasteiger partial charge in [0.25, 0.3) is 5.56 Å². The minimum Gasteiger partial charge on any atom is -0.459 e. The Morgan fingerprint density at radius 3 is 2.50 bits per heavy atom. The van der Waals surface area contributed by atoms with E-state index in [-0.39, 0.29) is 11.7 Å². The molecule has 3 aromatic rings. The summed E-state index contributed by atoms with van der Waals surface area (Å²) in [6.07, 6.45) is -0.212. The van der Waals surface area contributed by atoms with E-state index in [2.05, 4.69) is 9.97 Å². The molecule has 0 amide bonds. The van der Waals surface area contributed by atoms with Crippen LogP contribution in [0.4, 0.5) is 0 Å². The van der Waals surface area contributed by atoms with Gasteiger partial charge >= 0.3 is 5.97 Å². The number of H-pyrrole nitrogens is 1. The number of ether oxygens (including phenoxy) is 1. The van der Waals surface area contributed by atoms with E-state index in [0.29, 0.717) is 26.5 Å². The monoisotopic (exact) mass is 342 g/mol. The molecule has 124 valence electrons. The fourth-order valence-electron chi connectivity index (χ4n) is 2.45. The van der Waals surface area contributed by atoms with Crippen molar-refractivity contribution in [1.82, 2.24) is 9.97 Å². The summed E-state index contributed by atoms with van der Waals surface area (Å²) in [4.78, 5) is 33.0. The topological polar surface area (TPSA) is 72.0 Å². The van der Waals surface area contributed by atoms with Crippen LogP contribution in [-0.2, 0) is 4.74 Å². The fourth-order valence-corrected chi connectivity index (χ4v) is 3.52. The Balaban J connectivity index is 2.13. The lowest BCUT2D eigenvalue weighted by Crippen LogP contribution is -2.12. The van der Waals surface area contributed by atoms with E-state index >= 15 is 0 Å². The molecule has 6 heteroatoms. The van der Waals surface area contributed by atoms with Crippen molar-refractivity contribution in [3.05, 3.63) is 50.6 Å². The lowest BCUT2D eigenvalue weighted by Gasteiger charge is -2.06.